The van der Waals surface area contributed by atoms with Gasteiger partial charge in [-0.25, -0.2) is 0 Å². The lowest BCUT2D eigenvalue weighted by atomic mass is 9.98. The maximum absolute atomic E-state index is 11.6. The van der Waals surface area contributed by atoms with Gasteiger partial charge in [-0.15, -0.1) is 0 Å². The average molecular weight is 455 g/mol. The van der Waals surface area contributed by atoms with Crippen LogP contribution in [0.1, 0.15) is 27.7 Å². The quantitative estimate of drug-likeness (QED) is 0.290. The molecule has 11 heteroatoms. The van der Waals surface area contributed by atoms with E-state index in [-0.39, 0.29) is 13.2 Å². The Hall–Kier alpha value is -1.72. The molecule has 2 unspecified atom stereocenters. The minimum absolute atomic E-state index is 0.188. The average Bonchev–Trinajstić information content (AvgIpc) is 2.54. The van der Waals surface area contributed by atoms with Crippen LogP contribution in [0.15, 0.2) is 0 Å². The summed E-state index contributed by atoms with van der Waals surface area (Å²) < 4.78 is 31.9. The second-order valence-electron chi connectivity index (χ2n) is 5.63. The van der Waals surface area contributed by atoms with E-state index in [4.69, 9.17) is 28.4 Å². The summed E-state index contributed by atoms with van der Waals surface area (Å²) in [6, 6.07) is 0. The van der Waals surface area contributed by atoms with Crippen LogP contribution < -0.4 is 0 Å². The Kier molecular flexibility index (Phi) is 9.67. The summed E-state index contributed by atoms with van der Waals surface area (Å²) in [5.41, 5.74) is 0. The molecule has 1 fully saturated rings. The number of rotatable bonds is 8. The molecule has 0 N–H and O–H groups in total. The molecule has 1 aliphatic rings. The fraction of sp³-hybridized carbons (Fsp3) is 0.750. The third-order valence-electron chi connectivity index (χ3n) is 3.31. The van der Waals surface area contributed by atoms with E-state index in [0.717, 1.165) is 20.8 Å². The highest BCUT2D eigenvalue weighted by atomic mass is 79.9. The van der Waals surface area contributed by atoms with Gasteiger partial charge in [0.1, 0.15) is 12.7 Å². The lowest BCUT2D eigenvalue weighted by molar-refractivity contribution is -0.306. The first kappa shape index (κ1) is 23.3. The van der Waals surface area contributed by atoms with Crippen LogP contribution in [-0.4, -0.2) is 73.1 Å². The van der Waals surface area contributed by atoms with Crippen LogP contribution in [-0.2, 0) is 47.6 Å². The maximum Gasteiger partial charge on any atom is 0.303 e. The van der Waals surface area contributed by atoms with Gasteiger partial charge in [-0.3, -0.25) is 19.2 Å². The number of hydrogen-bond donors (Lipinski definition) is 0. The number of alkyl halides is 1. The van der Waals surface area contributed by atoms with E-state index in [0.29, 0.717) is 5.33 Å². The zero-order valence-corrected chi connectivity index (χ0v) is 17.1. The molecule has 10 nitrogen and oxygen atoms in total. The summed E-state index contributed by atoms with van der Waals surface area (Å²) in [5, 5.41) is 0.458. The van der Waals surface area contributed by atoms with Crippen LogP contribution in [0.25, 0.3) is 0 Å². The third kappa shape index (κ3) is 7.81. The summed E-state index contributed by atoms with van der Waals surface area (Å²) in [6.07, 6.45) is -5.73. The monoisotopic (exact) mass is 454 g/mol. The number of ether oxygens (including phenoxy) is 6. The van der Waals surface area contributed by atoms with E-state index < -0.39 is 54.6 Å². The zero-order valence-electron chi connectivity index (χ0n) is 15.5. The van der Waals surface area contributed by atoms with E-state index >= 15 is 0 Å². The van der Waals surface area contributed by atoms with Crippen LogP contribution in [0.5, 0.6) is 0 Å². The molecule has 1 heterocycles. The van der Waals surface area contributed by atoms with E-state index in [1.165, 1.54) is 6.92 Å². The minimum atomic E-state index is -1.22. The Morgan fingerprint density at radius 3 is 1.81 bits per heavy atom. The minimum Gasteiger partial charge on any atom is -0.463 e. The maximum atomic E-state index is 11.6. The van der Waals surface area contributed by atoms with Gasteiger partial charge in [-0.2, -0.15) is 0 Å². The summed E-state index contributed by atoms with van der Waals surface area (Å²) in [6.45, 7) is 4.58. The lowest BCUT2D eigenvalue weighted by Crippen LogP contribution is -2.63. The van der Waals surface area contributed by atoms with Gasteiger partial charge in [0.25, 0.3) is 0 Å². The molecular weight excluding hydrogens is 432 g/mol. The van der Waals surface area contributed by atoms with Crippen LogP contribution in [0.3, 0.4) is 0 Å². The molecule has 0 saturated carbocycles. The second-order valence-corrected chi connectivity index (χ2v) is 6.42. The van der Waals surface area contributed by atoms with Gasteiger partial charge < -0.3 is 28.4 Å². The Morgan fingerprint density at radius 2 is 1.33 bits per heavy atom. The van der Waals surface area contributed by atoms with Crippen LogP contribution in [0.4, 0.5) is 0 Å². The van der Waals surface area contributed by atoms with E-state index in [1.807, 2.05) is 0 Å². The molecule has 1 saturated heterocycles. The van der Waals surface area contributed by atoms with E-state index in [1.54, 1.807) is 0 Å². The van der Waals surface area contributed by atoms with Gasteiger partial charge in [0.15, 0.2) is 24.6 Å². The molecule has 154 valence electrons. The molecule has 0 spiro atoms. The van der Waals surface area contributed by atoms with Crippen molar-refractivity contribution in [1.82, 2.24) is 0 Å². The van der Waals surface area contributed by atoms with Crippen molar-refractivity contribution in [1.29, 1.82) is 0 Å². The molecular formula is C16H23BrO10. The molecule has 1 aliphatic heterocycles. The molecule has 0 amide bonds. The molecule has 0 aliphatic carbocycles. The van der Waals surface area contributed by atoms with Crippen molar-refractivity contribution in [3.8, 4) is 0 Å². The van der Waals surface area contributed by atoms with Crippen molar-refractivity contribution in [2.24, 2.45) is 0 Å². The van der Waals surface area contributed by atoms with Crippen molar-refractivity contribution >= 4 is 39.8 Å². The topological polar surface area (TPSA) is 124 Å². The predicted octanol–water partition coefficient (Wildman–Crippen LogP) is 0.481. The van der Waals surface area contributed by atoms with E-state index in [2.05, 4.69) is 15.9 Å². The molecule has 0 aromatic carbocycles. The second kappa shape index (κ2) is 11.2. The number of halogens is 1. The first-order chi connectivity index (χ1) is 12.6. The third-order valence-corrected chi connectivity index (χ3v) is 3.63. The number of carbonyl (C=O) groups is 4. The van der Waals surface area contributed by atoms with Gasteiger partial charge in [0.05, 0.1) is 6.61 Å². The zero-order chi connectivity index (χ0) is 20.6. The van der Waals surface area contributed by atoms with Crippen LogP contribution in [0, 0.1) is 0 Å². The van der Waals surface area contributed by atoms with Gasteiger partial charge in [0.2, 0.25) is 0 Å². The molecule has 0 aromatic heterocycles. The Bertz CT molecular complexity index is 551. The molecule has 0 aromatic rings. The van der Waals surface area contributed by atoms with Gasteiger partial charge in [-0.1, -0.05) is 15.9 Å². The van der Waals surface area contributed by atoms with Crippen LogP contribution in [0.2, 0.25) is 0 Å². The molecule has 5 atom stereocenters. The fourth-order valence-electron chi connectivity index (χ4n) is 2.48. The summed E-state index contributed by atoms with van der Waals surface area (Å²) >= 11 is 3.20. The Balaban J connectivity index is 3.22. The molecule has 1 rings (SSSR count). The number of hydrogen-bond acceptors (Lipinski definition) is 10. The van der Waals surface area contributed by atoms with E-state index in [9.17, 15) is 19.2 Å². The standard InChI is InChI=1S/C16H23BrO10/c1-8(18)23-7-12-13(24-9(2)19)14(25-10(3)20)15(26-11(4)21)16(27-12)22-6-5-17/h12-16H,5-7H2,1-4H3/t12?,13-,14-,15?,16-/m0/s1. The first-order valence-electron chi connectivity index (χ1n) is 8.13. The molecule has 0 bridgehead atoms. The van der Waals surface area contributed by atoms with Crippen molar-refractivity contribution < 1.29 is 47.6 Å². The van der Waals surface area contributed by atoms with Gasteiger partial charge in [0, 0.05) is 33.0 Å². The van der Waals surface area contributed by atoms with Gasteiger partial charge >= 0.3 is 23.9 Å². The summed E-state index contributed by atoms with van der Waals surface area (Å²) in [5.74, 6) is -2.63. The van der Waals surface area contributed by atoms with Crippen molar-refractivity contribution in [3.63, 3.8) is 0 Å². The normalized spacial score (nSPS) is 27.4. The van der Waals surface area contributed by atoms with Crippen molar-refractivity contribution in [2.45, 2.75) is 58.4 Å². The SMILES string of the molecule is CC(=O)OCC1O[C@H](OCCBr)C(OC(C)=O)[C@@H](OC(C)=O)[C@H]1OC(C)=O. The summed E-state index contributed by atoms with van der Waals surface area (Å²) in [4.78, 5) is 45.8. The number of carbonyl (C=O) groups excluding carboxylic acids is 4. The van der Waals surface area contributed by atoms with Crippen molar-refractivity contribution in [2.75, 3.05) is 18.5 Å². The Labute approximate surface area is 164 Å². The predicted molar refractivity (Wildman–Crippen MR) is 91.7 cm³/mol. The number of esters is 4. The Morgan fingerprint density at radius 1 is 0.815 bits per heavy atom. The van der Waals surface area contributed by atoms with Crippen molar-refractivity contribution in [3.05, 3.63) is 0 Å². The summed E-state index contributed by atoms with van der Waals surface area (Å²) in [7, 11) is 0. The van der Waals surface area contributed by atoms with Crippen LogP contribution >= 0.6 is 15.9 Å². The fourth-order valence-corrected chi connectivity index (χ4v) is 2.67. The van der Waals surface area contributed by atoms with Gasteiger partial charge in [-0.05, 0) is 0 Å². The highest BCUT2D eigenvalue weighted by Gasteiger charge is 2.52. The first-order valence-corrected chi connectivity index (χ1v) is 9.25. The molecule has 27 heavy (non-hydrogen) atoms. The smallest absolute Gasteiger partial charge is 0.303 e. The largest absolute Gasteiger partial charge is 0.463 e. The lowest BCUT2D eigenvalue weighted by Gasteiger charge is -2.44. The highest BCUT2D eigenvalue weighted by molar-refractivity contribution is 9.09. The molecule has 0 radical (unpaired) electrons. The highest BCUT2D eigenvalue weighted by Crippen LogP contribution is 2.29.